The summed E-state index contributed by atoms with van der Waals surface area (Å²) < 4.78 is 0. The molecule has 3 rings (SSSR count). The molecule has 0 aliphatic rings. The SMILES string of the molecule is Cc1ccccc1-c1cc(N)ccc1Nc1ccccc1. The van der Waals surface area contributed by atoms with Crippen LogP contribution >= 0.6 is 0 Å². The third-order valence-corrected chi connectivity index (χ3v) is 3.53. The summed E-state index contributed by atoms with van der Waals surface area (Å²) in [7, 11) is 0. The number of hydrogen-bond acceptors (Lipinski definition) is 2. The van der Waals surface area contributed by atoms with Crippen molar-refractivity contribution in [3.05, 3.63) is 78.4 Å². The minimum absolute atomic E-state index is 0.770. The molecule has 21 heavy (non-hydrogen) atoms. The highest BCUT2D eigenvalue weighted by molar-refractivity contribution is 5.84. The first-order chi connectivity index (χ1) is 10.2. The number of hydrogen-bond donors (Lipinski definition) is 2. The van der Waals surface area contributed by atoms with Gasteiger partial charge in [-0.05, 0) is 48.4 Å². The van der Waals surface area contributed by atoms with Crippen molar-refractivity contribution in [2.75, 3.05) is 11.1 Å². The number of nitrogens with one attached hydrogen (secondary N) is 1. The van der Waals surface area contributed by atoms with Crippen molar-refractivity contribution in [1.82, 2.24) is 0 Å². The van der Waals surface area contributed by atoms with E-state index in [0.29, 0.717) is 0 Å². The fourth-order valence-corrected chi connectivity index (χ4v) is 2.45. The van der Waals surface area contributed by atoms with Crippen molar-refractivity contribution in [3.63, 3.8) is 0 Å². The highest BCUT2D eigenvalue weighted by Crippen LogP contribution is 2.33. The van der Waals surface area contributed by atoms with Gasteiger partial charge in [-0.2, -0.15) is 0 Å². The number of para-hydroxylation sites is 1. The first-order valence-corrected chi connectivity index (χ1v) is 7.01. The molecule has 0 fully saturated rings. The first kappa shape index (κ1) is 13.3. The lowest BCUT2D eigenvalue weighted by atomic mass is 9.98. The molecule has 0 saturated heterocycles. The summed E-state index contributed by atoms with van der Waals surface area (Å²) in [5, 5.41) is 3.47. The molecule has 0 bridgehead atoms. The van der Waals surface area contributed by atoms with Crippen molar-refractivity contribution in [2.45, 2.75) is 6.92 Å². The summed E-state index contributed by atoms with van der Waals surface area (Å²) in [6.07, 6.45) is 0. The van der Waals surface area contributed by atoms with E-state index in [9.17, 15) is 0 Å². The molecule has 0 aromatic heterocycles. The molecule has 3 aromatic rings. The Morgan fingerprint density at radius 3 is 2.24 bits per heavy atom. The van der Waals surface area contributed by atoms with Crippen molar-refractivity contribution in [3.8, 4) is 11.1 Å². The van der Waals surface area contributed by atoms with Crippen LogP contribution in [0.2, 0.25) is 0 Å². The number of nitrogens with two attached hydrogens (primary N) is 1. The summed E-state index contributed by atoms with van der Waals surface area (Å²) in [6, 6.07) is 24.5. The van der Waals surface area contributed by atoms with Crippen LogP contribution in [-0.2, 0) is 0 Å². The summed E-state index contributed by atoms with van der Waals surface area (Å²) in [5.74, 6) is 0. The predicted molar refractivity (Wildman–Crippen MR) is 90.8 cm³/mol. The van der Waals surface area contributed by atoms with Gasteiger partial charge in [0.15, 0.2) is 0 Å². The molecule has 104 valence electrons. The molecular formula is C19H18N2. The fourth-order valence-electron chi connectivity index (χ4n) is 2.45. The van der Waals surface area contributed by atoms with Gasteiger partial charge in [-0.3, -0.25) is 0 Å². The summed E-state index contributed by atoms with van der Waals surface area (Å²) in [6.45, 7) is 2.12. The van der Waals surface area contributed by atoms with Gasteiger partial charge in [-0.1, -0.05) is 42.5 Å². The second-order valence-electron chi connectivity index (χ2n) is 5.11. The Kier molecular flexibility index (Phi) is 3.61. The molecule has 2 nitrogen and oxygen atoms in total. The zero-order chi connectivity index (χ0) is 14.7. The Bertz CT molecular complexity index is 749. The Morgan fingerprint density at radius 2 is 1.48 bits per heavy atom. The molecule has 0 unspecified atom stereocenters. The van der Waals surface area contributed by atoms with Crippen LogP contribution in [0.15, 0.2) is 72.8 Å². The Balaban J connectivity index is 2.08. The fraction of sp³-hybridized carbons (Fsp3) is 0.0526. The van der Waals surface area contributed by atoms with E-state index in [4.69, 9.17) is 5.73 Å². The van der Waals surface area contributed by atoms with Gasteiger partial charge in [0.25, 0.3) is 0 Å². The lowest BCUT2D eigenvalue weighted by Gasteiger charge is -2.15. The van der Waals surface area contributed by atoms with E-state index in [1.165, 1.54) is 11.1 Å². The van der Waals surface area contributed by atoms with E-state index in [1.807, 2.05) is 36.4 Å². The molecule has 3 N–H and O–H groups in total. The van der Waals surface area contributed by atoms with Crippen molar-refractivity contribution in [1.29, 1.82) is 0 Å². The van der Waals surface area contributed by atoms with E-state index in [0.717, 1.165) is 22.6 Å². The molecular weight excluding hydrogens is 256 g/mol. The normalized spacial score (nSPS) is 10.3. The number of benzene rings is 3. The summed E-state index contributed by atoms with van der Waals surface area (Å²) in [5.41, 5.74) is 12.4. The maximum atomic E-state index is 5.98. The second kappa shape index (κ2) is 5.71. The van der Waals surface area contributed by atoms with E-state index in [1.54, 1.807) is 0 Å². The highest BCUT2D eigenvalue weighted by atomic mass is 14.9. The highest BCUT2D eigenvalue weighted by Gasteiger charge is 2.08. The molecule has 0 atom stereocenters. The van der Waals surface area contributed by atoms with Gasteiger partial charge in [0, 0.05) is 22.6 Å². The quantitative estimate of drug-likeness (QED) is 0.660. The lowest BCUT2D eigenvalue weighted by Crippen LogP contribution is -1.96. The average molecular weight is 274 g/mol. The largest absolute Gasteiger partial charge is 0.399 e. The van der Waals surface area contributed by atoms with Gasteiger partial charge < -0.3 is 11.1 Å². The Labute approximate surface area is 125 Å². The van der Waals surface area contributed by atoms with E-state index >= 15 is 0 Å². The molecule has 0 aliphatic heterocycles. The summed E-state index contributed by atoms with van der Waals surface area (Å²) in [4.78, 5) is 0. The van der Waals surface area contributed by atoms with Crippen LogP contribution in [0, 0.1) is 6.92 Å². The van der Waals surface area contributed by atoms with E-state index in [2.05, 4.69) is 48.6 Å². The van der Waals surface area contributed by atoms with Gasteiger partial charge in [0.1, 0.15) is 0 Å². The number of nitrogen functional groups attached to an aromatic ring is 1. The monoisotopic (exact) mass is 274 g/mol. The molecule has 0 saturated carbocycles. The van der Waals surface area contributed by atoms with Crippen molar-refractivity contribution < 1.29 is 0 Å². The minimum Gasteiger partial charge on any atom is -0.399 e. The second-order valence-corrected chi connectivity index (χ2v) is 5.11. The molecule has 3 aromatic carbocycles. The van der Waals surface area contributed by atoms with Crippen LogP contribution in [0.25, 0.3) is 11.1 Å². The van der Waals surface area contributed by atoms with Gasteiger partial charge in [-0.15, -0.1) is 0 Å². The van der Waals surface area contributed by atoms with Crippen LogP contribution in [0.3, 0.4) is 0 Å². The van der Waals surface area contributed by atoms with Crippen molar-refractivity contribution in [2.24, 2.45) is 0 Å². The lowest BCUT2D eigenvalue weighted by molar-refractivity contribution is 1.45. The van der Waals surface area contributed by atoms with Gasteiger partial charge in [0.2, 0.25) is 0 Å². The van der Waals surface area contributed by atoms with E-state index in [-0.39, 0.29) is 0 Å². The summed E-state index contributed by atoms with van der Waals surface area (Å²) >= 11 is 0. The van der Waals surface area contributed by atoms with Crippen LogP contribution in [0.1, 0.15) is 5.56 Å². The van der Waals surface area contributed by atoms with Crippen molar-refractivity contribution >= 4 is 17.1 Å². The molecule has 0 aliphatic carbocycles. The Morgan fingerprint density at radius 1 is 0.762 bits per heavy atom. The first-order valence-electron chi connectivity index (χ1n) is 7.01. The average Bonchev–Trinajstić information content (AvgIpc) is 2.51. The topological polar surface area (TPSA) is 38.0 Å². The van der Waals surface area contributed by atoms with E-state index < -0.39 is 0 Å². The van der Waals surface area contributed by atoms with Crippen LogP contribution < -0.4 is 11.1 Å². The number of anilines is 3. The smallest absolute Gasteiger partial charge is 0.0465 e. The minimum atomic E-state index is 0.770. The Hall–Kier alpha value is -2.74. The number of aryl methyl sites for hydroxylation is 1. The van der Waals surface area contributed by atoms with Gasteiger partial charge in [0.05, 0.1) is 0 Å². The number of rotatable bonds is 3. The molecule has 0 heterocycles. The maximum absolute atomic E-state index is 5.98. The third-order valence-electron chi connectivity index (χ3n) is 3.53. The molecule has 2 heteroatoms. The van der Waals surface area contributed by atoms with Crippen LogP contribution in [0.5, 0.6) is 0 Å². The molecule has 0 amide bonds. The zero-order valence-electron chi connectivity index (χ0n) is 12.0. The third kappa shape index (κ3) is 2.90. The molecule has 0 spiro atoms. The predicted octanol–water partition coefficient (Wildman–Crippen LogP) is 4.99. The van der Waals surface area contributed by atoms with Crippen LogP contribution in [-0.4, -0.2) is 0 Å². The zero-order valence-corrected chi connectivity index (χ0v) is 12.0. The van der Waals surface area contributed by atoms with Gasteiger partial charge in [-0.25, -0.2) is 0 Å². The molecule has 0 radical (unpaired) electrons. The van der Waals surface area contributed by atoms with Gasteiger partial charge >= 0.3 is 0 Å². The van der Waals surface area contributed by atoms with Crippen LogP contribution in [0.4, 0.5) is 17.1 Å². The standard InChI is InChI=1S/C19H18N2/c1-14-7-5-6-10-17(14)18-13-15(20)11-12-19(18)21-16-8-3-2-4-9-16/h2-13,21H,20H2,1H3. The maximum Gasteiger partial charge on any atom is 0.0465 e.